The molecule has 0 atom stereocenters. The van der Waals surface area contributed by atoms with Gasteiger partial charge in [-0.05, 0) is 34.0 Å². The van der Waals surface area contributed by atoms with Crippen molar-refractivity contribution in [3.8, 4) is 0 Å². The van der Waals surface area contributed by atoms with Crippen molar-refractivity contribution in [3.63, 3.8) is 0 Å². The van der Waals surface area contributed by atoms with Crippen LogP contribution in [0, 0.1) is 0 Å². The first-order valence-corrected chi connectivity index (χ1v) is 10.1. The van der Waals surface area contributed by atoms with E-state index in [4.69, 9.17) is 0 Å². The number of rotatable bonds is 8. The first-order valence-electron chi connectivity index (χ1n) is 7.37. The molecule has 0 spiro atoms. The number of tetrazole rings is 1. The van der Waals surface area contributed by atoms with Gasteiger partial charge in [-0.3, -0.25) is 4.79 Å². The Morgan fingerprint density at radius 3 is 2.88 bits per heavy atom. The van der Waals surface area contributed by atoms with E-state index >= 15 is 0 Å². The molecule has 0 aliphatic carbocycles. The van der Waals surface area contributed by atoms with E-state index in [0.717, 1.165) is 4.88 Å². The lowest BCUT2D eigenvalue weighted by Crippen LogP contribution is -2.15. The number of para-hydroxylation sites is 1. The van der Waals surface area contributed by atoms with E-state index in [0.29, 0.717) is 34.0 Å². The molecule has 2 aromatic heterocycles. The van der Waals surface area contributed by atoms with Crippen molar-refractivity contribution >= 4 is 46.5 Å². The minimum atomic E-state index is -2.55. The van der Waals surface area contributed by atoms with E-state index in [1.807, 2.05) is 17.5 Å². The fourth-order valence-electron chi connectivity index (χ4n) is 2.03. The van der Waals surface area contributed by atoms with Gasteiger partial charge in [0.25, 0.3) is 5.76 Å². The Hall–Kier alpha value is -1.98. The first-order chi connectivity index (χ1) is 12.6. The molecule has 136 valence electrons. The van der Waals surface area contributed by atoms with E-state index in [-0.39, 0.29) is 11.7 Å². The molecule has 0 unspecified atom stereocenters. The average molecular weight is 414 g/mol. The number of hydrogen-bond donors (Lipinski definition) is 1. The van der Waals surface area contributed by atoms with Gasteiger partial charge in [-0.15, -0.1) is 16.4 Å². The lowest BCUT2D eigenvalue weighted by molar-refractivity contribution is -0.113. The molecule has 26 heavy (non-hydrogen) atoms. The minimum Gasteiger partial charge on any atom is -0.324 e. The number of carbonyl (C=O) groups excluding carboxylic acids is 1. The highest BCUT2D eigenvalue weighted by atomic mass is 32.2. The van der Waals surface area contributed by atoms with Crippen molar-refractivity contribution in [2.75, 3.05) is 11.1 Å². The van der Waals surface area contributed by atoms with Crippen LogP contribution in [0.15, 0.2) is 51.8 Å². The number of hydrogen-bond acceptors (Lipinski definition) is 7. The summed E-state index contributed by atoms with van der Waals surface area (Å²) in [5.41, 5.74) is 0.363. The Morgan fingerprint density at radius 1 is 1.27 bits per heavy atom. The molecule has 1 amide bonds. The van der Waals surface area contributed by atoms with Crippen LogP contribution in [-0.4, -0.2) is 37.6 Å². The maximum absolute atomic E-state index is 12.6. The summed E-state index contributed by atoms with van der Waals surface area (Å²) in [4.78, 5) is 13.6. The third-order valence-electron chi connectivity index (χ3n) is 3.09. The number of nitrogens with one attached hydrogen (secondary N) is 1. The van der Waals surface area contributed by atoms with Gasteiger partial charge in [0.2, 0.25) is 11.1 Å². The van der Waals surface area contributed by atoms with Crippen LogP contribution in [-0.2, 0) is 11.3 Å². The SMILES string of the molecule is O=C(CSc1nnnn1Cc1cccs1)Nc1ccccc1SC(F)F. The molecule has 3 aromatic rings. The highest BCUT2D eigenvalue weighted by Gasteiger charge is 2.14. The summed E-state index contributed by atoms with van der Waals surface area (Å²) in [6.45, 7) is 0.530. The van der Waals surface area contributed by atoms with Crippen molar-refractivity contribution in [3.05, 3.63) is 46.7 Å². The number of alkyl halides is 2. The molecule has 0 radical (unpaired) electrons. The Balaban J connectivity index is 1.58. The molecule has 0 saturated heterocycles. The predicted octanol–water partition coefficient (Wildman–Crippen LogP) is 3.83. The lowest BCUT2D eigenvalue weighted by atomic mass is 10.3. The molecule has 0 bridgehead atoms. The number of aromatic nitrogens is 4. The molecule has 0 aliphatic rings. The normalized spacial score (nSPS) is 11.0. The summed E-state index contributed by atoms with van der Waals surface area (Å²) in [6.07, 6.45) is 0. The topological polar surface area (TPSA) is 72.7 Å². The molecule has 0 fully saturated rings. The van der Waals surface area contributed by atoms with Crippen LogP contribution in [0.4, 0.5) is 14.5 Å². The van der Waals surface area contributed by atoms with Gasteiger partial charge in [-0.1, -0.05) is 41.7 Å². The maximum Gasteiger partial charge on any atom is 0.288 e. The van der Waals surface area contributed by atoms with E-state index in [1.165, 1.54) is 11.8 Å². The average Bonchev–Trinajstić information content (AvgIpc) is 3.27. The zero-order valence-electron chi connectivity index (χ0n) is 13.2. The van der Waals surface area contributed by atoms with E-state index in [9.17, 15) is 13.6 Å². The van der Waals surface area contributed by atoms with Crippen LogP contribution in [0.2, 0.25) is 0 Å². The smallest absolute Gasteiger partial charge is 0.288 e. The molecule has 1 aromatic carbocycles. The van der Waals surface area contributed by atoms with Crippen molar-refractivity contribution in [1.29, 1.82) is 0 Å². The summed E-state index contributed by atoms with van der Waals surface area (Å²) in [5, 5.41) is 16.6. The standard InChI is InChI=1S/C15H13F2N5OS3/c16-14(17)26-12-6-2-1-5-11(12)18-13(23)9-25-15-19-20-21-22(15)8-10-4-3-7-24-10/h1-7,14H,8-9H2,(H,18,23). The first kappa shape index (κ1) is 18.8. The molecule has 3 rings (SSSR count). The number of amides is 1. The summed E-state index contributed by atoms with van der Waals surface area (Å²) < 4.78 is 26.8. The number of nitrogens with zero attached hydrogens (tertiary/aromatic N) is 4. The summed E-state index contributed by atoms with van der Waals surface area (Å²) in [5.74, 6) is -2.80. The number of thiophene rings is 1. The fourth-order valence-corrected chi connectivity index (χ4v) is 3.99. The van der Waals surface area contributed by atoms with Crippen LogP contribution < -0.4 is 5.32 Å². The number of anilines is 1. The van der Waals surface area contributed by atoms with Gasteiger partial charge < -0.3 is 5.32 Å². The zero-order valence-corrected chi connectivity index (χ0v) is 15.7. The summed E-state index contributed by atoms with van der Waals surface area (Å²) in [7, 11) is 0. The minimum absolute atomic E-state index is 0.0679. The predicted molar refractivity (Wildman–Crippen MR) is 98.9 cm³/mol. The number of thioether (sulfide) groups is 2. The Labute approximate surface area is 160 Å². The third-order valence-corrected chi connectivity index (χ3v) is 5.70. The van der Waals surface area contributed by atoms with Gasteiger partial charge in [0.1, 0.15) is 0 Å². The van der Waals surface area contributed by atoms with Crippen molar-refractivity contribution < 1.29 is 13.6 Å². The van der Waals surface area contributed by atoms with E-state index < -0.39 is 5.76 Å². The molecular formula is C15H13F2N5OS3. The largest absolute Gasteiger partial charge is 0.324 e. The molecule has 0 aliphatic heterocycles. The van der Waals surface area contributed by atoms with Crippen molar-refractivity contribution in [1.82, 2.24) is 20.2 Å². The zero-order chi connectivity index (χ0) is 18.4. The molecule has 1 N–H and O–H groups in total. The quantitative estimate of drug-likeness (QED) is 0.566. The van der Waals surface area contributed by atoms with E-state index in [2.05, 4.69) is 20.8 Å². The highest BCUT2D eigenvalue weighted by molar-refractivity contribution is 8.00. The Morgan fingerprint density at radius 2 is 2.12 bits per heavy atom. The number of benzene rings is 1. The van der Waals surface area contributed by atoms with Crippen molar-refractivity contribution in [2.24, 2.45) is 0 Å². The Bertz CT molecular complexity index is 857. The second-order valence-corrected chi connectivity index (χ2v) is 7.92. The second kappa shape index (κ2) is 9.10. The van der Waals surface area contributed by atoms with E-state index in [1.54, 1.807) is 40.3 Å². The van der Waals surface area contributed by atoms with Crippen LogP contribution in [0.1, 0.15) is 4.88 Å². The lowest BCUT2D eigenvalue weighted by Gasteiger charge is -2.10. The van der Waals surface area contributed by atoms with Gasteiger partial charge in [-0.25, -0.2) is 4.68 Å². The molecule has 6 nitrogen and oxygen atoms in total. The molecule has 11 heteroatoms. The number of carbonyl (C=O) groups is 1. The Kier molecular flexibility index (Phi) is 6.58. The molecule has 0 saturated carbocycles. The maximum atomic E-state index is 12.6. The third kappa shape index (κ3) is 5.26. The molecule has 2 heterocycles. The van der Waals surface area contributed by atoms with Crippen molar-refractivity contribution in [2.45, 2.75) is 22.4 Å². The summed E-state index contributed by atoms with van der Waals surface area (Å²) >= 11 is 3.18. The van der Waals surface area contributed by atoms with Gasteiger partial charge in [-0.2, -0.15) is 8.78 Å². The van der Waals surface area contributed by atoms with Crippen LogP contribution >= 0.6 is 34.9 Å². The van der Waals surface area contributed by atoms with Gasteiger partial charge in [0.15, 0.2) is 0 Å². The van der Waals surface area contributed by atoms with Crippen LogP contribution in [0.5, 0.6) is 0 Å². The molecular weight excluding hydrogens is 400 g/mol. The highest BCUT2D eigenvalue weighted by Crippen LogP contribution is 2.31. The fraction of sp³-hybridized carbons (Fsp3) is 0.200. The van der Waals surface area contributed by atoms with Crippen LogP contribution in [0.25, 0.3) is 0 Å². The van der Waals surface area contributed by atoms with Gasteiger partial charge in [0.05, 0.1) is 18.0 Å². The monoisotopic (exact) mass is 413 g/mol. The summed E-state index contributed by atoms with van der Waals surface area (Å²) in [6, 6.07) is 10.4. The number of halogens is 2. The van der Waals surface area contributed by atoms with Gasteiger partial charge in [0, 0.05) is 9.77 Å². The van der Waals surface area contributed by atoms with Gasteiger partial charge >= 0.3 is 0 Å². The second-order valence-electron chi connectivity index (χ2n) is 4.91. The van der Waals surface area contributed by atoms with Crippen LogP contribution in [0.3, 0.4) is 0 Å².